The minimum atomic E-state index is -5.22. The van der Waals surface area contributed by atoms with Crippen molar-refractivity contribution < 1.29 is 27.9 Å². The maximum Gasteiger partial charge on any atom is 0.437 e. The summed E-state index contributed by atoms with van der Waals surface area (Å²) in [6, 6.07) is 3.02. The van der Waals surface area contributed by atoms with Crippen molar-refractivity contribution in [2.75, 3.05) is 0 Å². The molecule has 1 aromatic carbocycles. The van der Waals surface area contributed by atoms with Crippen LogP contribution in [0.25, 0.3) is 0 Å². The average molecular weight is 337 g/mol. The molecule has 3 N–H and O–H groups in total. The Morgan fingerprint density at radius 2 is 1.86 bits per heavy atom. The van der Waals surface area contributed by atoms with Crippen molar-refractivity contribution in [3.63, 3.8) is 0 Å². The van der Waals surface area contributed by atoms with Crippen molar-refractivity contribution in [3.05, 3.63) is 34.9 Å². The van der Waals surface area contributed by atoms with Crippen LogP contribution in [0.1, 0.15) is 18.5 Å². The Kier molecular flexibility index (Phi) is 4.09. The molecule has 5 nitrogen and oxygen atoms in total. The molecule has 1 heterocycles. The number of hydrogen-bond acceptors (Lipinski definition) is 3. The Morgan fingerprint density at radius 3 is 2.32 bits per heavy atom. The van der Waals surface area contributed by atoms with E-state index < -0.39 is 35.7 Å². The van der Waals surface area contributed by atoms with E-state index >= 15 is 0 Å². The number of carbonyl (C=O) groups is 2. The molecule has 3 atom stereocenters. The van der Waals surface area contributed by atoms with Crippen LogP contribution < -0.4 is 10.6 Å². The van der Waals surface area contributed by atoms with Crippen molar-refractivity contribution in [2.45, 2.75) is 24.9 Å². The topological polar surface area (TPSA) is 78.4 Å². The molecular formula is C13H12ClF3N2O3. The fraction of sp³-hybridized carbons (Fsp3) is 0.385. The lowest BCUT2D eigenvalue weighted by Gasteiger charge is -2.44. The van der Waals surface area contributed by atoms with Crippen LogP contribution in [-0.2, 0) is 4.79 Å². The normalized spacial score (nSPS) is 28.7. The second kappa shape index (κ2) is 5.44. The SMILES string of the molecule is CC(=O)[C@@H]1[C@H](c2ccc(Cl)cc2)NC(=O)N[C@@]1(O)C(F)(F)F. The molecule has 120 valence electrons. The van der Waals surface area contributed by atoms with Crippen LogP contribution in [0.3, 0.4) is 0 Å². The molecule has 0 radical (unpaired) electrons. The lowest BCUT2D eigenvalue weighted by atomic mass is 9.79. The molecule has 9 heteroatoms. The number of carbonyl (C=O) groups excluding carboxylic acids is 2. The molecule has 22 heavy (non-hydrogen) atoms. The monoisotopic (exact) mass is 336 g/mol. The van der Waals surface area contributed by atoms with Crippen LogP contribution in [-0.4, -0.2) is 28.8 Å². The summed E-state index contributed by atoms with van der Waals surface area (Å²) in [6.45, 7) is 0.920. The maximum absolute atomic E-state index is 13.2. The summed E-state index contributed by atoms with van der Waals surface area (Å²) in [5.74, 6) is -2.86. The van der Waals surface area contributed by atoms with Gasteiger partial charge in [0.1, 0.15) is 5.78 Å². The summed E-state index contributed by atoms with van der Waals surface area (Å²) in [7, 11) is 0. The Bertz CT molecular complexity index is 606. The first kappa shape index (κ1) is 16.6. The number of rotatable bonds is 2. The minimum Gasteiger partial charge on any atom is -0.363 e. The van der Waals surface area contributed by atoms with E-state index in [4.69, 9.17) is 11.6 Å². The van der Waals surface area contributed by atoms with Gasteiger partial charge in [-0.25, -0.2) is 4.79 Å². The van der Waals surface area contributed by atoms with Crippen molar-refractivity contribution in [1.82, 2.24) is 10.6 Å². The first-order valence-electron chi connectivity index (χ1n) is 6.20. The zero-order valence-corrected chi connectivity index (χ0v) is 12.0. The molecule has 0 aromatic heterocycles. The first-order valence-corrected chi connectivity index (χ1v) is 6.58. The Balaban J connectivity index is 2.54. The average Bonchev–Trinajstić information content (AvgIpc) is 2.36. The lowest BCUT2D eigenvalue weighted by Crippen LogP contribution is -2.72. The predicted molar refractivity (Wildman–Crippen MR) is 71.0 cm³/mol. The highest BCUT2D eigenvalue weighted by atomic mass is 35.5. The molecule has 0 spiro atoms. The lowest BCUT2D eigenvalue weighted by molar-refractivity contribution is -0.290. The second-order valence-electron chi connectivity index (χ2n) is 4.98. The molecule has 1 saturated heterocycles. The van der Waals surface area contributed by atoms with Gasteiger partial charge in [0.25, 0.3) is 0 Å². The van der Waals surface area contributed by atoms with Gasteiger partial charge < -0.3 is 15.7 Å². The van der Waals surface area contributed by atoms with Crippen LogP contribution in [0.5, 0.6) is 0 Å². The molecule has 0 bridgehead atoms. The van der Waals surface area contributed by atoms with Crippen LogP contribution in [0.15, 0.2) is 24.3 Å². The van der Waals surface area contributed by atoms with Gasteiger partial charge in [0.2, 0.25) is 5.72 Å². The van der Waals surface area contributed by atoms with Gasteiger partial charge in [0, 0.05) is 5.02 Å². The standard InChI is InChI=1S/C13H12ClF3N2O3/c1-6(20)9-10(7-2-4-8(14)5-3-7)18-11(21)19-12(9,22)13(15,16)17/h2-5,9-10,22H,1H3,(H2,18,19,21)/t9-,10+,12+/m1/s1. The van der Waals surface area contributed by atoms with Gasteiger partial charge in [-0.1, -0.05) is 23.7 Å². The number of nitrogens with one attached hydrogen (secondary N) is 2. The van der Waals surface area contributed by atoms with Gasteiger partial charge in [-0.2, -0.15) is 13.2 Å². The van der Waals surface area contributed by atoms with Gasteiger partial charge in [-0.05, 0) is 24.6 Å². The molecule has 1 fully saturated rings. The Hall–Kier alpha value is -1.80. The van der Waals surface area contributed by atoms with E-state index in [1.165, 1.54) is 29.6 Å². The van der Waals surface area contributed by atoms with Crippen molar-refractivity contribution in [3.8, 4) is 0 Å². The van der Waals surface area contributed by atoms with Crippen LogP contribution >= 0.6 is 11.6 Å². The predicted octanol–water partition coefficient (Wildman–Crippen LogP) is 2.15. The number of Topliss-reactive ketones (excluding diaryl/α,β-unsaturated/α-hetero) is 1. The van der Waals surface area contributed by atoms with Crippen molar-refractivity contribution >= 4 is 23.4 Å². The summed E-state index contributed by atoms with van der Waals surface area (Å²) < 4.78 is 39.6. The third kappa shape index (κ3) is 2.76. The largest absolute Gasteiger partial charge is 0.437 e. The smallest absolute Gasteiger partial charge is 0.363 e. The maximum atomic E-state index is 13.2. The first-order chi connectivity index (χ1) is 10.1. The molecule has 1 aliphatic rings. The van der Waals surface area contributed by atoms with E-state index in [9.17, 15) is 27.9 Å². The Labute approximate surface area is 128 Å². The zero-order chi connectivity index (χ0) is 16.7. The molecular weight excluding hydrogens is 325 g/mol. The number of ketones is 1. The van der Waals surface area contributed by atoms with Gasteiger partial charge in [0.15, 0.2) is 0 Å². The highest BCUT2D eigenvalue weighted by Crippen LogP contribution is 2.42. The van der Waals surface area contributed by atoms with Gasteiger partial charge in [-0.3, -0.25) is 4.79 Å². The van der Waals surface area contributed by atoms with E-state index in [1.807, 2.05) is 0 Å². The van der Waals surface area contributed by atoms with Crippen LogP contribution in [0, 0.1) is 5.92 Å². The van der Waals surface area contributed by atoms with Crippen molar-refractivity contribution in [1.29, 1.82) is 0 Å². The van der Waals surface area contributed by atoms with Gasteiger partial charge in [0.05, 0.1) is 12.0 Å². The number of benzene rings is 1. The van der Waals surface area contributed by atoms with Gasteiger partial charge in [-0.15, -0.1) is 0 Å². The summed E-state index contributed by atoms with van der Waals surface area (Å²) in [4.78, 5) is 23.3. The molecule has 0 unspecified atom stereocenters. The van der Waals surface area contributed by atoms with E-state index in [0.29, 0.717) is 5.02 Å². The Morgan fingerprint density at radius 1 is 1.32 bits per heavy atom. The highest BCUT2D eigenvalue weighted by Gasteiger charge is 2.65. The molecule has 1 aromatic rings. The molecule has 2 amide bonds. The highest BCUT2D eigenvalue weighted by molar-refractivity contribution is 6.30. The van der Waals surface area contributed by atoms with Crippen molar-refractivity contribution in [2.24, 2.45) is 5.92 Å². The second-order valence-corrected chi connectivity index (χ2v) is 5.42. The molecule has 0 saturated carbocycles. The molecule has 2 rings (SSSR count). The molecule has 0 aliphatic carbocycles. The number of amides is 2. The minimum absolute atomic E-state index is 0.224. The van der Waals surface area contributed by atoms with Gasteiger partial charge >= 0.3 is 12.2 Å². The quantitative estimate of drug-likeness (QED) is 0.774. The summed E-state index contributed by atoms with van der Waals surface area (Å²) >= 11 is 5.71. The van der Waals surface area contributed by atoms with Crippen LogP contribution in [0.4, 0.5) is 18.0 Å². The molecule has 1 aliphatic heterocycles. The third-order valence-electron chi connectivity index (χ3n) is 3.47. The van der Waals surface area contributed by atoms with Crippen LogP contribution in [0.2, 0.25) is 5.02 Å². The summed E-state index contributed by atoms with van der Waals surface area (Å²) in [5, 5.41) is 13.9. The van der Waals surface area contributed by atoms with E-state index in [1.54, 1.807) is 0 Å². The van der Waals surface area contributed by atoms with E-state index in [2.05, 4.69) is 5.32 Å². The van der Waals surface area contributed by atoms with E-state index in [0.717, 1.165) is 6.92 Å². The summed E-state index contributed by atoms with van der Waals surface area (Å²) in [6.07, 6.45) is -5.22. The fourth-order valence-corrected chi connectivity index (χ4v) is 2.60. The number of aliphatic hydroxyl groups is 1. The number of hydrogen-bond donors (Lipinski definition) is 3. The zero-order valence-electron chi connectivity index (χ0n) is 11.2. The third-order valence-corrected chi connectivity index (χ3v) is 3.73. The fourth-order valence-electron chi connectivity index (χ4n) is 2.47. The number of urea groups is 1. The summed E-state index contributed by atoms with van der Waals surface area (Å²) in [5.41, 5.74) is -3.42. The number of halogens is 4. The van der Waals surface area contributed by atoms with E-state index in [-0.39, 0.29) is 5.56 Å². The number of alkyl halides is 3.